The SMILES string of the molecule is N#Cc1ccc(NCCCCCCCCc2cccc3ccccc23)cc1. The van der Waals surface area contributed by atoms with E-state index in [9.17, 15) is 0 Å². The van der Waals surface area contributed by atoms with Crippen LogP contribution in [-0.2, 0) is 6.42 Å². The molecule has 0 saturated carbocycles. The highest BCUT2D eigenvalue weighted by atomic mass is 14.9. The number of rotatable bonds is 10. The molecule has 2 heteroatoms. The number of unbranched alkanes of at least 4 members (excludes halogenated alkanes) is 5. The fourth-order valence-electron chi connectivity index (χ4n) is 3.55. The molecular formula is C25H28N2. The molecule has 0 amide bonds. The maximum atomic E-state index is 8.80. The minimum Gasteiger partial charge on any atom is -0.385 e. The van der Waals surface area contributed by atoms with E-state index in [0.717, 1.165) is 12.2 Å². The highest BCUT2D eigenvalue weighted by molar-refractivity contribution is 5.85. The van der Waals surface area contributed by atoms with E-state index in [1.807, 2.05) is 24.3 Å². The summed E-state index contributed by atoms with van der Waals surface area (Å²) in [7, 11) is 0. The van der Waals surface area contributed by atoms with E-state index in [1.54, 1.807) is 0 Å². The van der Waals surface area contributed by atoms with E-state index in [1.165, 1.54) is 61.3 Å². The van der Waals surface area contributed by atoms with Gasteiger partial charge in [0.05, 0.1) is 11.6 Å². The van der Waals surface area contributed by atoms with E-state index in [2.05, 4.69) is 53.9 Å². The molecule has 0 spiro atoms. The summed E-state index contributed by atoms with van der Waals surface area (Å²) in [4.78, 5) is 0. The van der Waals surface area contributed by atoms with E-state index >= 15 is 0 Å². The van der Waals surface area contributed by atoms with E-state index in [-0.39, 0.29) is 0 Å². The number of hydrogen-bond donors (Lipinski definition) is 1. The number of benzene rings is 3. The Bertz CT molecular complexity index is 869. The maximum absolute atomic E-state index is 8.80. The number of anilines is 1. The van der Waals surface area contributed by atoms with Crippen LogP contribution in [0.1, 0.15) is 49.7 Å². The standard InChI is InChI=1S/C25H28N2/c26-20-21-15-17-24(18-16-21)27-19-8-4-2-1-3-5-10-22-12-9-13-23-11-6-7-14-25(22)23/h6-7,9,11-18,27H,1-5,8,10,19H2. The number of fused-ring (bicyclic) bond motifs is 1. The molecule has 0 aliphatic heterocycles. The Hall–Kier alpha value is -2.79. The van der Waals surface area contributed by atoms with E-state index in [4.69, 9.17) is 5.26 Å². The summed E-state index contributed by atoms with van der Waals surface area (Å²) in [6.07, 6.45) is 8.87. The first-order valence-electron chi connectivity index (χ1n) is 10.1. The topological polar surface area (TPSA) is 35.8 Å². The van der Waals surface area contributed by atoms with Gasteiger partial charge in [-0.25, -0.2) is 0 Å². The third-order valence-corrected chi connectivity index (χ3v) is 5.10. The molecule has 0 saturated heterocycles. The Balaban J connectivity index is 1.26. The third-order valence-electron chi connectivity index (χ3n) is 5.10. The zero-order valence-corrected chi connectivity index (χ0v) is 16.0. The van der Waals surface area contributed by atoms with Crippen molar-refractivity contribution in [3.8, 4) is 6.07 Å². The third kappa shape index (κ3) is 5.86. The van der Waals surface area contributed by atoms with Gasteiger partial charge in [0.15, 0.2) is 0 Å². The van der Waals surface area contributed by atoms with E-state index in [0.29, 0.717) is 5.56 Å². The molecule has 138 valence electrons. The van der Waals surface area contributed by atoms with Crippen molar-refractivity contribution in [3.05, 3.63) is 77.9 Å². The van der Waals surface area contributed by atoms with Crippen molar-refractivity contribution >= 4 is 16.5 Å². The molecular weight excluding hydrogens is 328 g/mol. The summed E-state index contributed by atoms with van der Waals surface area (Å²) in [5.74, 6) is 0. The second kappa shape index (κ2) is 10.4. The second-order valence-corrected chi connectivity index (χ2v) is 7.13. The minimum absolute atomic E-state index is 0.712. The van der Waals surface area contributed by atoms with E-state index < -0.39 is 0 Å². The normalized spacial score (nSPS) is 10.6. The molecule has 27 heavy (non-hydrogen) atoms. The molecule has 3 rings (SSSR count). The van der Waals surface area contributed by atoms with Crippen molar-refractivity contribution in [3.63, 3.8) is 0 Å². The Morgan fingerprint density at radius 2 is 1.41 bits per heavy atom. The average molecular weight is 357 g/mol. The molecule has 0 aromatic heterocycles. The van der Waals surface area contributed by atoms with Crippen LogP contribution in [0.4, 0.5) is 5.69 Å². The first-order chi connectivity index (χ1) is 13.4. The van der Waals surface area contributed by atoms with Crippen LogP contribution in [-0.4, -0.2) is 6.54 Å². The van der Waals surface area contributed by atoms with Gasteiger partial charge >= 0.3 is 0 Å². The summed E-state index contributed by atoms with van der Waals surface area (Å²) in [6, 6.07) is 25.2. The summed E-state index contributed by atoms with van der Waals surface area (Å²) in [6.45, 7) is 1.00. The summed E-state index contributed by atoms with van der Waals surface area (Å²) < 4.78 is 0. The molecule has 0 aliphatic carbocycles. The lowest BCUT2D eigenvalue weighted by atomic mass is 9.99. The van der Waals surface area contributed by atoms with Crippen LogP contribution in [0.25, 0.3) is 10.8 Å². The van der Waals surface area contributed by atoms with Crippen molar-refractivity contribution in [1.29, 1.82) is 5.26 Å². The first kappa shape index (κ1) is 19.0. The smallest absolute Gasteiger partial charge is 0.0991 e. The van der Waals surface area contributed by atoms with Gasteiger partial charge in [-0.15, -0.1) is 0 Å². The lowest BCUT2D eigenvalue weighted by Crippen LogP contribution is -2.01. The molecule has 0 fully saturated rings. The molecule has 0 bridgehead atoms. The number of hydrogen-bond acceptors (Lipinski definition) is 2. The number of nitrogens with one attached hydrogen (secondary N) is 1. The van der Waals surface area contributed by atoms with Gasteiger partial charge in [-0.05, 0) is 59.9 Å². The predicted octanol–water partition coefficient (Wildman–Crippen LogP) is 6.71. The zero-order valence-electron chi connectivity index (χ0n) is 16.0. The van der Waals surface area contributed by atoms with Gasteiger partial charge in [-0.3, -0.25) is 0 Å². The van der Waals surface area contributed by atoms with Gasteiger partial charge in [0.2, 0.25) is 0 Å². The van der Waals surface area contributed by atoms with Crippen LogP contribution < -0.4 is 5.32 Å². The highest BCUT2D eigenvalue weighted by Crippen LogP contribution is 2.20. The average Bonchev–Trinajstić information content (AvgIpc) is 2.73. The van der Waals surface area contributed by atoms with Crippen LogP contribution in [0.15, 0.2) is 66.7 Å². The van der Waals surface area contributed by atoms with Crippen LogP contribution in [0.5, 0.6) is 0 Å². The summed E-state index contributed by atoms with van der Waals surface area (Å²) >= 11 is 0. The number of nitriles is 1. The Morgan fingerprint density at radius 3 is 2.22 bits per heavy atom. The molecule has 0 radical (unpaired) electrons. The maximum Gasteiger partial charge on any atom is 0.0991 e. The van der Waals surface area contributed by atoms with Gasteiger partial charge in [-0.2, -0.15) is 5.26 Å². The largest absolute Gasteiger partial charge is 0.385 e. The van der Waals surface area contributed by atoms with Crippen molar-refractivity contribution in [2.24, 2.45) is 0 Å². The Kier molecular flexibility index (Phi) is 7.30. The number of nitrogens with zero attached hydrogens (tertiary/aromatic N) is 1. The van der Waals surface area contributed by atoms with Gasteiger partial charge in [0, 0.05) is 12.2 Å². The molecule has 0 heterocycles. The molecule has 1 N–H and O–H groups in total. The van der Waals surface area contributed by atoms with Crippen molar-refractivity contribution in [2.45, 2.75) is 44.9 Å². The molecule has 0 unspecified atom stereocenters. The lowest BCUT2D eigenvalue weighted by Gasteiger charge is -2.07. The van der Waals surface area contributed by atoms with Gasteiger partial charge in [-0.1, -0.05) is 68.1 Å². The van der Waals surface area contributed by atoms with Gasteiger partial charge < -0.3 is 5.32 Å². The van der Waals surface area contributed by atoms with Crippen molar-refractivity contribution in [1.82, 2.24) is 0 Å². The fourth-order valence-corrected chi connectivity index (χ4v) is 3.55. The monoisotopic (exact) mass is 356 g/mol. The Morgan fingerprint density at radius 1 is 0.704 bits per heavy atom. The molecule has 0 aliphatic rings. The molecule has 3 aromatic rings. The highest BCUT2D eigenvalue weighted by Gasteiger charge is 2.00. The van der Waals surface area contributed by atoms with Crippen LogP contribution >= 0.6 is 0 Å². The second-order valence-electron chi connectivity index (χ2n) is 7.13. The lowest BCUT2D eigenvalue weighted by molar-refractivity contribution is 0.602. The van der Waals surface area contributed by atoms with Crippen LogP contribution in [0.3, 0.4) is 0 Å². The van der Waals surface area contributed by atoms with Crippen LogP contribution in [0.2, 0.25) is 0 Å². The van der Waals surface area contributed by atoms with Gasteiger partial charge in [0.1, 0.15) is 0 Å². The molecule has 3 aromatic carbocycles. The Labute approximate surface area is 162 Å². The zero-order chi connectivity index (χ0) is 18.7. The van der Waals surface area contributed by atoms with Gasteiger partial charge in [0.25, 0.3) is 0 Å². The van der Waals surface area contributed by atoms with Crippen molar-refractivity contribution < 1.29 is 0 Å². The fraction of sp³-hybridized carbons (Fsp3) is 0.320. The van der Waals surface area contributed by atoms with Crippen molar-refractivity contribution in [2.75, 3.05) is 11.9 Å². The molecule has 0 atom stereocenters. The minimum atomic E-state index is 0.712. The predicted molar refractivity (Wildman–Crippen MR) is 115 cm³/mol. The first-order valence-corrected chi connectivity index (χ1v) is 10.1. The summed E-state index contributed by atoms with van der Waals surface area (Å²) in [5, 5.41) is 15.0. The summed E-state index contributed by atoms with van der Waals surface area (Å²) in [5.41, 5.74) is 3.30. The number of aryl methyl sites for hydroxylation is 1. The quantitative estimate of drug-likeness (QED) is 0.410. The molecule has 2 nitrogen and oxygen atoms in total. The van der Waals surface area contributed by atoms with Crippen LogP contribution in [0, 0.1) is 11.3 Å².